The molecule has 0 radical (unpaired) electrons. The number of hydrogen-bond acceptors (Lipinski definition) is 3. The van der Waals surface area contributed by atoms with Crippen molar-refractivity contribution in [1.82, 2.24) is 4.98 Å². The van der Waals surface area contributed by atoms with Gasteiger partial charge in [-0.2, -0.15) is 0 Å². The highest BCUT2D eigenvalue weighted by Gasteiger charge is 2.12. The molecule has 0 aliphatic rings. The van der Waals surface area contributed by atoms with Crippen LogP contribution in [-0.4, -0.2) is 16.9 Å². The first-order valence-corrected chi connectivity index (χ1v) is 8.58. The highest BCUT2D eigenvalue weighted by molar-refractivity contribution is 6.09. The zero-order chi connectivity index (χ0) is 18.1. The summed E-state index contributed by atoms with van der Waals surface area (Å²) in [4.78, 5) is 16.5. The normalized spacial score (nSPS) is 12.2. The standard InChI is InChI=1S/C22H19N3O/c1-14(23)22(26)24-16-12-10-15(11-13-16)21-17-6-2-4-8-19(17)25-20-9-5-3-7-18(20)21/h2-14H,23H2,1H3,(H,24,26)/t14-/m0/s1. The predicted molar refractivity (Wildman–Crippen MR) is 107 cm³/mol. The van der Waals surface area contributed by atoms with Gasteiger partial charge in [-0.05, 0) is 36.8 Å². The second kappa shape index (κ2) is 6.58. The number of carbonyl (C=O) groups is 1. The van der Waals surface area contributed by atoms with Gasteiger partial charge in [-0.3, -0.25) is 4.79 Å². The Labute approximate surface area is 151 Å². The minimum absolute atomic E-state index is 0.197. The van der Waals surface area contributed by atoms with Crippen LogP contribution < -0.4 is 11.1 Å². The van der Waals surface area contributed by atoms with Gasteiger partial charge in [-0.1, -0.05) is 48.5 Å². The molecule has 1 atom stereocenters. The van der Waals surface area contributed by atoms with Crippen molar-refractivity contribution >= 4 is 33.4 Å². The second-order valence-electron chi connectivity index (χ2n) is 6.38. The number of nitrogens with one attached hydrogen (secondary N) is 1. The number of carbonyl (C=O) groups excluding carboxylic acids is 1. The topological polar surface area (TPSA) is 68.0 Å². The van der Waals surface area contributed by atoms with Gasteiger partial charge in [0.25, 0.3) is 0 Å². The van der Waals surface area contributed by atoms with Gasteiger partial charge >= 0.3 is 0 Å². The van der Waals surface area contributed by atoms with Crippen LogP contribution in [0.2, 0.25) is 0 Å². The Bertz CT molecular complexity index is 1050. The fourth-order valence-electron chi connectivity index (χ4n) is 3.13. The maximum absolute atomic E-state index is 11.8. The van der Waals surface area contributed by atoms with Crippen LogP contribution in [0.15, 0.2) is 72.8 Å². The molecule has 1 heterocycles. The summed E-state index contributed by atoms with van der Waals surface area (Å²) in [6.45, 7) is 1.67. The first-order chi connectivity index (χ1) is 12.6. The number of hydrogen-bond donors (Lipinski definition) is 2. The van der Waals surface area contributed by atoms with E-state index in [9.17, 15) is 4.79 Å². The second-order valence-corrected chi connectivity index (χ2v) is 6.38. The van der Waals surface area contributed by atoms with Gasteiger partial charge in [0.2, 0.25) is 5.91 Å². The molecule has 0 bridgehead atoms. The molecule has 0 unspecified atom stereocenters. The molecule has 0 spiro atoms. The summed E-state index contributed by atoms with van der Waals surface area (Å²) in [7, 11) is 0. The van der Waals surface area contributed by atoms with E-state index in [-0.39, 0.29) is 5.91 Å². The average molecular weight is 341 g/mol. The monoisotopic (exact) mass is 341 g/mol. The summed E-state index contributed by atoms with van der Waals surface area (Å²) in [5.41, 5.74) is 10.5. The Morgan fingerprint density at radius 3 is 1.96 bits per heavy atom. The summed E-state index contributed by atoms with van der Waals surface area (Å²) in [5.74, 6) is -0.197. The van der Waals surface area contributed by atoms with Crippen molar-refractivity contribution in [3.63, 3.8) is 0 Å². The lowest BCUT2D eigenvalue weighted by Crippen LogP contribution is -2.32. The first-order valence-electron chi connectivity index (χ1n) is 8.58. The van der Waals surface area contributed by atoms with Gasteiger partial charge in [0.1, 0.15) is 0 Å². The number of pyridine rings is 1. The van der Waals surface area contributed by atoms with Gasteiger partial charge in [0.05, 0.1) is 17.1 Å². The van der Waals surface area contributed by atoms with Crippen molar-refractivity contribution in [3.05, 3.63) is 72.8 Å². The van der Waals surface area contributed by atoms with Gasteiger partial charge in [0, 0.05) is 22.0 Å². The highest BCUT2D eigenvalue weighted by atomic mass is 16.2. The van der Waals surface area contributed by atoms with E-state index in [4.69, 9.17) is 10.7 Å². The van der Waals surface area contributed by atoms with Crippen molar-refractivity contribution in [1.29, 1.82) is 0 Å². The van der Waals surface area contributed by atoms with Crippen LogP contribution in [0.5, 0.6) is 0 Å². The molecule has 1 aromatic heterocycles. The number of anilines is 1. The highest BCUT2D eigenvalue weighted by Crippen LogP contribution is 2.35. The molecule has 0 saturated carbocycles. The number of aromatic nitrogens is 1. The van der Waals surface area contributed by atoms with Gasteiger partial charge in [0.15, 0.2) is 0 Å². The van der Waals surface area contributed by atoms with E-state index in [1.165, 1.54) is 0 Å². The zero-order valence-corrected chi connectivity index (χ0v) is 14.4. The molecule has 0 fully saturated rings. The third kappa shape index (κ3) is 2.91. The maximum atomic E-state index is 11.8. The summed E-state index contributed by atoms with van der Waals surface area (Å²) in [6, 6.07) is 23.6. The quantitative estimate of drug-likeness (QED) is 0.545. The lowest BCUT2D eigenvalue weighted by atomic mass is 9.96. The van der Waals surface area contributed by atoms with Crippen LogP contribution in [0.4, 0.5) is 5.69 Å². The molecular formula is C22H19N3O. The lowest BCUT2D eigenvalue weighted by molar-refractivity contribution is -0.117. The number of fused-ring (bicyclic) bond motifs is 2. The Hall–Kier alpha value is -3.24. The van der Waals surface area contributed by atoms with Gasteiger partial charge < -0.3 is 11.1 Å². The van der Waals surface area contributed by atoms with Crippen LogP contribution in [-0.2, 0) is 4.79 Å². The molecule has 1 amide bonds. The molecule has 0 aliphatic carbocycles. The number of benzene rings is 3. The predicted octanol–water partition coefficient (Wildman–Crippen LogP) is 4.34. The van der Waals surface area contributed by atoms with E-state index < -0.39 is 6.04 Å². The molecule has 0 aliphatic heterocycles. The Morgan fingerprint density at radius 2 is 1.42 bits per heavy atom. The van der Waals surface area contributed by atoms with Crippen LogP contribution in [0.25, 0.3) is 32.9 Å². The number of rotatable bonds is 3. The largest absolute Gasteiger partial charge is 0.325 e. The van der Waals surface area contributed by atoms with Crippen molar-refractivity contribution in [2.75, 3.05) is 5.32 Å². The molecule has 128 valence electrons. The number of para-hydroxylation sites is 2. The Morgan fingerprint density at radius 1 is 0.885 bits per heavy atom. The van der Waals surface area contributed by atoms with E-state index >= 15 is 0 Å². The first kappa shape index (κ1) is 16.2. The molecule has 0 saturated heterocycles. The molecular weight excluding hydrogens is 322 g/mol. The molecule has 3 N–H and O–H groups in total. The van der Waals surface area contributed by atoms with Crippen LogP contribution in [0.3, 0.4) is 0 Å². The summed E-state index contributed by atoms with van der Waals surface area (Å²) >= 11 is 0. The van der Waals surface area contributed by atoms with E-state index in [1.54, 1.807) is 6.92 Å². The third-order valence-electron chi connectivity index (χ3n) is 4.44. The number of amides is 1. The Balaban J connectivity index is 1.86. The molecule has 4 aromatic rings. The smallest absolute Gasteiger partial charge is 0.240 e. The maximum Gasteiger partial charge on any atom is 0.240 e. The molecule has 26 heavy (non-hydrogen) atoms. The van der Waals surface area contributed by atoms with Crippen molar-refractivity contribution in [3.8, 4) is 11.1 Å². The van der Waals surface area contributed by atoms with Crippen LogP contribution in [0.1, 0.15) is 6.92 Å². The van der Waals surface area contributed by atoms with E-state index in [0.29, 0.717) is 0 Å². The fourth-order valence-corrected chi connectivity index (χ4v) is 3.13. The van der Waals surface area contributed by atoms with Crippen molar-refractivity contribution in [2.45, 2.75) is 13.0 Å². The molecule has 4 heteroatoms. The molecule has 4 rings (SSSR count). The minimum Gasteiger partial charge on any atom is -0.325 e. The van der Waals surface area contributed by atoms with E-state index in [2.05, 4.69) is 17.4 Å². The minimum atomic E-state index is -0.539. The summed E-state index contributed by atoms with van der Waals surface area (Å²) in [6.07, 6.45) is 0. The van der Waals surface area contributed by atoms with Gasteiger partial charge in [-0.25, -0.2) is 4.98 Å². The van der Waals surface area contributed by atoms with Gasteiger partial charge in [-0.15, -0.1) is 0 Å². The number of nitrogens with two attached hydrogens (primary N) is 1. The molecule has 3 aromatic carbocycles. The van der Waals surface area contributed by atoms with Crippen molar-refractivity contribution in [2.24, 2.45) is 5.73 Å². The third-order valence-corrected chi connectivity index (χ3v) is 4.44. The lowest BCUT2D eigenvalue weighted by Gasteiger charge is -2.12. The summed E-state index contributed by atoms with van der Waals surface area (Å²) in [5, 5.41) is 5.04. The zero-order valence-electron chi connectivity index (χ0n) is 14.4. The van der Waals surface area contributed by atoms with Crippen LogP contribution >= 0.6 is 0 Å². The van der Waals surface area contributed by atoms with Crippen LogP contribution in [0, 0.1) is 0 Å². The van der Waals surface area contributed by atoms with E-state index in [1.807, 2.05) is 60.7 Å². The Kier molecular flexibility index (Phi) is 4.11. The van der Waals surface area contributed by atoms with E-state index in [0.717, 1.165) is 38.6 Å². The average Bonchev–Trinajstić information content (AvgIpc) is 2.66. The van der Waals surface area contributed by atoms with Crippen molar-refractivity contribution < 1.29 is 4.79 Å². The summed E-state index contributed by atoms with van der Waals surface area (Å²) < 4.78 is 0. The fraction of sp³-hybridized carbons (Fsp3) is 0.0909. The molecule has 4 nitrogen and oxygen atoms in total. The number of nitrogens with zero attached hydrogens (tertiary/aromatic N) is 1. The SMILES string of the molecule is C[C@H](N)C(=O)Nc1ccc(-c2c3ccccc3nc3ccccc23)cc1.